The first-order valence-electron chi connectivity index (χ1n) is 6.86. The first-order valence-corrected chi connectivity index (χ1v) is 7.26. The topological polar surface area (TPSA) is 63.4 Å². The predicted molar refractivity (Wildman–Crippen MR) is 79.5 cm³/mol. The Hall–Kier alpha value is -1.75. The van der Waals surface area contributed by atoms with Crippen molar-refractivity contribution in [3.8, 4) is 0 Å². The van der Waals surface area contributed by atoms with Crippen molar-refractivity contribution in [2.75, 3.05) is 0 Å². The molecule has 2 amide bonds. The highest BCUT2D eigenvalue weighted by atomic mass is 32.1. The van der Waals surface area contributed by atoms with Gasteiger partial charge in [0.05, 0.1) is 16.1 Å². The van der Waals surface area contributed by atoms with E-state index < -0.39 is 5.54 Å². The molecule has 2 aliphatic rings. The fourth-order valence-corrected chi connectivity index (χ4v) is 3.59. The number of nitrogens with two attached hydrogens (primary N) is 1. The Morgan fingerprint density at radius 3 is 2.00 bits per heavy atom. The second-order valence-corrected chi connectivity index (χ2v) is 5.89. The molecule has 20 heavy (non-hydrogen) atoms. The Balaban J connectivity index is 2.08. The van der Waals surface area contributed by atoms with Gasteiger partial charge in [-0.2, -0.15) is 0 Å². The number of carbonyl (C=O) groups excluding carboxylic acids is 2. The molecule has 5 heteroatoms. The second kappa shape index (κ2) is 4.66. The number of imide groups is 1. The van der Waals surface area contributed by atoms with Gasteiger partial charge in [-0.3, -0.25) is 14.5 Å². The quantitative estimate of drug-likeness (QED) is 0.670. The molecule has 4 nitrogen and oxygen atoms in total. The van der Waals surface area contributed by atoms with Crippen LogP contribution in [0.5, 0.6) is 0 Å². The molecule has 0 saturated heterocycles. The van der Waals surface area contributed by atoms with E-state index in [0.717, 1.165) is 19.3 Å². The number of thiocarbonyl (C=S) groups is 1. The van der Waals surface area contributed by atoms with E-state index in [1.807, 2.05) is 0 Å². The third-order valence-electron chi connectivity index (χ3n) is 4.36. The molecule has 1 aromatic carbocycles. The number of amides is 2. The fourth-order valence-electron chi connectivity index (χ4n) is 3.29. The van der Waals surface area contributed by atoms with Crippen molar-refractivity contribution in [3.63, 3.8) is 0 Å². The zero-order valence-electron chi connectivity index (χ0n) is 11.1. The van der Waals surface area contributed by atoms with Gasteiger partial charge in [0, 0.05) is 0 Å². The molecule has 0 bridgehead atoms. The maximum atomic E-state index is 12.6. The minimum Gasteiger partial charge on any atom is -0.391 e. The summed E-state index contributed by atoms with van der Waals surface area (Å²) in [7, 11) is 0. The molecule has 0 spiro atoms. The molecular weight excluding hydrogens is 272 g/mol. The average molecular weight is 288 g/mol. The zero-order chi connectivity index (χ0) is 14.3. The molecule has 0 atom stereocenters. The summed E-state index contributed by atoms with van der Waals surface area (Å²) >= 11 is 5.21. The molecule has 0 radical (unpaired) electrons. The Morgan fingerprint density at radius 1 is 1.05 bits per heavy atom. The van der Waals surface area contributed by atoms with Gasteiger partial charge in [0.15, 0.2) is 0 Å². The van der Waals surface area contributed by atoms with Crippen LogP contribution in [0.15, 0.2) is 24.3 Å². The number of fused-ring (bicyclic) bond motifs is 1. The Labute approximate surface area is 122 Å². The van der Waals surface area contributed by atoms with Crippen molar-refractivity contribution in [1.29, 1.82) is 0 Å². The van der Waals surface area contributed by atoms with Crippen molar-refractivity contribution in [1.82, 2.24) is 4.90 Å². The summed E-state index contributed by atoms with van der Waals surface area (Å²) in [4.78, 5) is 26.8. The van der Waals surface area contributed by atoms with Crippen molar-refractivity contribution < 1.29 is 9.59 Å². The van der Waals surface area contributed by atoms with Crippen LogP contribution < -0.4 is 5.73 Å². The van der Waals surface area contributed by atoms with E-state index >= 15 is 0 Å². The lowest BCUT2D eigenvalue weighted by molar-refractivity contribution is 0.0470. The summed E-state index contributed by atoms with van der Waals surface area (Å²) in [5.74, 6) is -0.527. The Kier molecular flexibility index (Phi) is 3.09. The van der Waals surface area contributed by atoms with Crippen LogP contribution >= 0.6 is 12.2 Å². The summed E-state index contributed by atoms with van der Waals surface area (Å²) in [6.45, 7) is 0. The summed E-state index contributed by atoms with van der Waals surface area (Å²) < 4.78 is 0. The number of carbonyl (C=O) groups is 2. The van der Waals surface area contributed by atoms with Gasteiger partial charge >= 0.3 is 0 Å². The lowest BCUT2D eigenvalue weighted by Gasteiger charge is -2.42. The normalized spacial score (nSPS) is 20.9. The van der Waals surface area contributed by atoms with Gasteiger partial charge in [-0.25, -0.2) is 0 Å². The van der Waals surface area contributed by atoms with Crippen LogP contribution in [0, 0.1) is 0 Å². The molecule has 0 unspecified atom stereocenters. The standard InChI is InChI=1S/C15H16N2O2S/c16-14(20)15(8-4-1-5-9-15)17-12(18)10-6-2-3-7-11(10)13(17)19/h2-3,6-7H,1,4-5,8-9H2,(H2,16,20). The van der Waals surface area contributed by atoms with Gasteiger partial charge in [0.2, 0.25) is 0 Å². The number of rotatable bonds is 2. The minimum atomic E-state index is -0.777. The zero-order valence-corrected chi connectivity index (χ0v) is 11.9. The van der Waals surface area contributed by atoms with Crippen molar-refractivity contribution in [3.05, 3.63) is 35.4 Å². The highest BCUT2D eigenvalue weighted by molar-refractivity contribution is 7.80. The van der Waals surface area contributed by atoms with E-state index in [4.69, 9.17) is 18.0 Å². The first-order chi connectivity index (χ1) is 9.58. The van der Waals surface area contributed by atoms with Gasteiger partial charge in [0.1, 0.15) is 5.54 Å². The lowest BCUT2D eigenvalue weighted by Crippen LogP contribution is -2.59. The maximum absolute atomic E-state index is 12.6. The monoisotopic (exact) mass is 288 g/mol. The third-order valence-corrected chi connectivity index (χ3v) is 4.74. The summed E-state index contributed by atoms with van der Waals surface area (Å²) in [6.07, 6.45) is 4.31. The second-order valence-electron chi connectivity index (χ2n) is 5.45. The molecule has 1 saturated carbocycles. The number of hydrogen-bond acceptors (Lipinski definition) is 3. The summed E-state index contributed by atoms with van der Waals surface area (Å²) in [5, 5.41) is 0. The van der Waals surface area contributed by atoms with Gasteiger partial charge in [-0.05, 0) is 25.0 Å². The molecule has 2 N–H and O–H groups in total. The smallest absolute Gasteiger partial charge is 0.262 e. The van der Waals surface area contributed by atoms with Gasteiger partial charge < -0.3 is 5.73 Å². The highest BCUT2D eigenvalue weighted by Gasteiger charge is 2.50. The van der Waals surface area contributed by atoms with Crippen LogP contribution in [0.2, 0.25) is 0 Å². The summed E-state index contributed by atoms with van der Waals surface area (Å²) in [6, 6.07) is 6.90. The molecule has 1 aliphatic heterocycles. The van der Waals surface area contributed by atoms with E-state index in [9.17, 15) is 9.59 Å². The molecule has 104 valence electrons. The van der Waals surface area contributed by atoms with E-state index in [0.29, 0.717) is 24.0 Å². The molecule has 1 fully saturated rings. The van der Waals surface area contributed by atoms with Crippen molar-refractivity contribution in [2.45, 2.75) is 37.6 Å². The van der Waals surface area contributed by atoms with Crippen LogP contribution in [0.3, 0.4) is 0 Å². The lowest BCUT2D eigenvalue weighted by atomic mass is 9.80. The third kappa shape index (κ3) is 1.69. The van der Waals surface area contributed by atoms with Gasteiger partial charge in [-0.15, -0.1) is 0 Å². The van der Waals surface area contributed by atoms with Crippen LogP contribution in [-0.4, -0.2) is 27.2 Å². The molecule has 1 heterocycles. The van der Waals surface area contributed by atoms with E-state index in [-0.39, 0.29) is 16.8 Å². The number of nitrogens with zero attached hydrogens (tertiary/aromatic N) is 1. The van der Waals surface area contributed by atoms with Crippen LogP contribution in [-0.2, 0) is 0 Å². The first kappa shape index (κ1) is 13.2. The largest absolute Gasteiger partial charge is 0.391 e. The summed E-state index contributed by atoms with van der Waals surface area (Å²) in [5.41, 5.74) is 6.06. The van der Waals surface area contributed by atoms with E-state index in [1.165, 1.54) is 4.90 Å². The SMILES string of the molecule is NC(=S)C1(N2C(=O)c3ccccc3C2=O)CCCCC1. The average Bonchev–Trinajstić information content (AvgIpc) is 2.72. The molecule has 1 aliphatic carbocycles. The van der Waals surface area contributed by atoms with Crippen molar-refractivity contribution in [2.24, 2.45) is 5.73 Å². The number of benzene rings is 1. The van der Waals surface area contributed by atoms with Crippen molar-refractivity contribution >= 4 is 29.0 Å². The highest BCUT2D eigenvalue weighted by Crippen LogP contribution is 2.39. The molecule has 3 rings (SSSR count). The van der Waals surface area contributed by atoms with Crippen LogP contribution in [0.25, 0.3) is 0 Å². The molecular formula is C15H16N2O2S. The van der Waals surface area contributed by atoms with Gasteiger partial charge in [-0.1, -0.05) is 43.6 Å². The van der Waals surface area contributed by atoms with Crippen LogP contribution in [0.1, 0.15) is 52.8 Å². The van der Waals surface area contributed by atoms with E-state index in [2.05, 4.69) is 0 Å². The minimum absolute atomic E-state index is 0.256. The molecule has 1 aromatic rings. The Bertz CT molecular complexity index is 571. The Morgan fingerprint density at radius 2 is 1.55 bits per heavy atom. The fraction of sp³-hybridized carbons (Fsp3) is 0.400. The number of hydrogen-bond donors (Lipinski definition) is 1. The predicted octanol–water partition coefficient (Wildman–Crippen LogP) is 2.27. The molecule has 0 aromatic heterocycles. The maximum Gasteiger partial charge on any atom is 0.262 e. The van der Waals surface area contributed by atoms with E-state index in [1.54, 1.807) is 24.3 Å². The van der Waals surface area contributed by atoms with Gasteiger partial charge in [0.25, 0.3) is 11.8 Å². The van der Waals surface area contributed by atoms with Crippen LogP contribution in [0.4, 0.5) is 0 Å².